The third-order valence-corrected chi connectivity index (χ3v) is 1.08. The van der Waals surface area contributed by atoms with Crippen molar-refractivity contribution in [2.45, 2.75) is 38.8 Å². The summed E-state index contributed by atoms with van der Waals surface area (Å²) < 4.78 is 0. The van der Waals surface area contributed by atoms with Crippen molar-refractivity contribution < 1.29 is 0 Å². The van der Waals surface area contributed by atoms with E-state index >= 15 is 0 Å². The molecule has 0 aliphatic heterocycles. The summed E-state index contributed by atoms with van der Waals surface area (Å²) in [6, 6.07) is 0.613. The topological polar surface area (TPSA) is 52.0 Å². The number of hydrogen-bond acceptors (Lipinski definition) is 2. The van der Waals surface area contributed by atoms with E-state index in [1.165, 1.54) is 0 Å². The van der Waals surface area contributed by atoms with Gasteiger partial charge in [0.25, 0.3) is 0 Å². The smallest absolute Gasteiger partial charge is 0.00110 e. The van der Waals surface area contributed by atoms with Crippen molar-refractivity contribution in [3.05, 3.63) is 0 Å². The highest BCUT2D eigenvalue weighted by atomic mass is 14.6. The van der Waals surface area contributed by atoms with Gasteiger partial charge < -0.3 is 11.5 Å². The van der Waals surface area contributed by atoms with E-state index in [0.29, 0.717) is 12.1 Å². The predicted molar refractivity (Wildman–Crippen MR) is 36.5 cm³/mol. The minimum absolute atomic E-state index is 0.306. The second kappa shape index (κ2) is 3.87. The fourth-order valence-electron chi connectivity index (χ4n) is 0.526. The van der Waals surface area contributed by atoms with Gasteiger partial charge in [0.05, 0.1) is 0 Å². The molecule has 0 aromatic rings. The molecule has 0 bridgehead atoms. The molecule has 0 saturated carbocycles. The minimum atomic E-state index is 0.306. The standard InChI is InChI=1S/C6H16N2/c1-5(7)3-4-6(2)8/h5-6H,3-4,7-8H2,1-2H3/t5-,6?/m1/s1. The fraction of sp³-hybridized carbons (Fsp3) is 1.00. The van der Waals surface area contributed by atoms with Gasteiger partial charge in [0.15, 0.2) is 0 Å². The number of hydrogen-bond donors (Lipinski definition) is 2. The van der Waals surface area contributed by atoms with Crippen molar-refractivity contribution in [2.75, 3.05) is 0 Å². The van der Waals surface area contributed by atoms with Crippen molar-refractivity contribution in [3.63, 3.8) is 0 Å². The predicted octanol–water partition coefficient (Wildman–Crippen LogP) is 0.461. The van der Waals surface area contributed by atoms with Crippen LogP contribution < -0.4 is 11.5 Å². The van der Waals surface area contributed by atoms with Crippen LogP contribution in [-0.2, 0) is 0 Å². The molecule has 0 heterocycles. The molecule has 4 N–H and O–H groups in total. The average Bonchev–Trinajstić information content (AvgIpc) is 1.61. The quantitative estimate of drug-likeness (QED) is 0.563. The fourth-order valence-corrected chi connectivity index (χ4v) is 0.526. The third kappa shape index (κ3) is 5.92. The van der Waals surface area contributed by atoms with Crippen LogP contribution in [0.3, 0.4) is 0 Å². The van der Waals surface area contributed by atoms with Gasteiger partial charge in [0, 0.05) is 12.1 Å². The zero-order chi connectivity index (χ0) is 6.57. The minimum Gasteiger partial charge on any atom is -0.328 e. The van der Waals surface area contributed by atoms with E-state index in [1.54, 1.807) is 0 Å². The molecule has 0 saturated heterocycles. The Labute approximate surface area is 51.2 Å². The number of rotatable bonds is 3. The summed E-state index contributed by atoms with van der Waals surface area (Å²) in [6.45, 7) is 4.00. The Morgan fingerprint density at radius 1 is 1.00 bits per heavy atom. The Morgan fingerprint density at radius 2 is 1.25 bits per heavy atom. The van der Waals surface area contributed by atoms with Crippen molar-refractivity contribution in [1.29, 1.82) is 0 Å². The van der Waals surface area contributed by atoms with Gasteiger partial charge in [-0.05, 0) is 26.7 Å². The Hall–Kier alpha value is -0.0800. The van der Waals surface area contributed by atoms with Crippen LogP contribution in [0, 0.1) is 0 Å². The molecule has 8 heavy (non-hydrogen) atoms. The molecular weight excluding hydrogens is 100 g/mol. The highest BCUT2D eigenvalue weighted by Crippen LogP contribution is 1.95. The monoisotopic (exact) mass is 116 g/mol. The maximum atomic E-state index is 5.49. The summed E-state index contributed by atoms with van der Waals surface area (Å²) in [4.78, 5) is 0. The lowest BCUT2D eigenvalue weighted by atomic mass is 10.1. The summed E-state index contributed by atoms with van der Waals surface area (Å²) in [6.07, 6.45) is 2.08. The zero-order valence-electron chi connectivity index (χ0n) is 5.72. The SMILES string of the molecule is CC(N)CC[C@@H](C)N. The Balaban J connectivity index is 2.93. The van der Waals surface area contributed by atoms with Gasteiger partial charge in [0.1, 0.15) is 0 Å². The highest BCUT2D eigenvalue weighted by molar-refractivity contribution is 4.58. The van der Waals surface area contributed by atoms with Gasteiger partial charge in [-0.1, -0.05) is 0 Å². The van der Waals surface area contributed by atoms with Crippen molar-refractivity contribution in [2.24, 2.45) is 11.5 Å². The lowest BCUT2D eigenvalue weighted by molar-refractivity contribution is 0.564. The lowest BCUT2D eigenvalue weighted by Crippen LogP contribution is -2.21. The Morgan fingerprint density at radius 3 is 1.38 bits per heavy atom. The van der Waals surface area contributed by atoms with Crippen LogP contribution in [0.4, 0.5) is 0 Å². The first-order chi connectivity index (χ1) is 3.63. The molecule has 0 fully saturated rings. The molecule has 0 amide bonds. The van der Waals surface area contributed by atoms with Crippen LogP contribution in [0.15, 0.2) is 0 Å². The van der Waals surface area contributed by atoms with Crippen molar-refractivity contribution >= 4 is 0 Å². The summed E-state index contributed by atoms with van der Waals surface area (Å²) >= 11 is 0. The van der Waals surface area contributed by atoms with Crippen LogP contribution in [0.2, 0.25) is 0 Å². The first-order valence-electron chi connectivity index (χ1n) is 3.14. The first-order valence-corrected chi connectivity index (χ1v) is 3.14. The second-order valence-electron chi connectivity index (χ2n) is 2.53. The molecule has 50 valence electrons. The Bertz CT molecular complexity index is 42.5. The molecule has 0 spiro atoms. The molecule has 0 aromatic heterocycles. The molecule has 2 atom stereocenters. The molecule has 0 aromatic carbocycles. The largest absolute Gasteiger partial charge is 0.328 e. The third-order valence-electron chi connectivity index (χ3n) is 1.08. The van der Waals surface area contributed by atoms with Gasteiger partial charge in [-0.25, -0.2) is 0 Å². The van der Waals surface area contributed by atoms with Crippen LogP contribution in [0.5, 0.6) is 0 Å². The van der Waals surface area contributed by atoms with Gasteiger partial charge >= 0.3 is 0 Å². The van der Waals surface area contributed by atoms with E-state index < -0.39 is 0 Å². The molecule has 0 rings (SSSR count). The van der Waals surface area contributed by atoms with Gasteiger partial charge in [-0.2, -0.15) is 0 Å². The molecule has 2 nitrogen and oxygen atoms in total. The van der Waals surface area contributed by atoms with Gasteiger partial charge in [0.2, 0.25) is 0 Å². The van der Waals surface area contributed by atoms with Crippen LogP contribution in [-0.4, -0.2) is 12.1 Å². The zero-order valence-corrected chi connectivity index (χ0v) is 5.72. The maximum absolute atomic E-state index is 5.49. The van der Waals surface area contributed by atoms with E-state index in [9.17, 15) is 0 Å². The van der Waals surface area contributed by atoms with E-state index in [0.717, 1.165) is 12.8 Å². The van der Waals surface area contributed by atoms with Gasteiger partial charge in [-0.15, -0.1) is 0 Å². The maximum Gasteiger partial charge on any atom is 0.00110 e. The van der Waals surface area contributed by atoms with E-state index in [-0.39, 0.29) is 0 Å². The van der Waals surface area contributed by atoms with Crippen LogP contribution >= 0.6 is 0 Å². The van der Waals surface area contributed by atoms with E-state index in [2.05, 4.69) is 0 Å². The molecule has 0 aliphatic carbocycles. The van der Waals surface area contributed by atoms with Crippen molar-refractivity contribution in [3.8, 4) is 0 Å². The average molecular weight is 116 g/mol. The number of nitrogens with two attached hydrogens (primary N) is 2. The normalized spacial score (nSPS) is 18.0. The summed E-state index contributed by atoms with van der Waals surface area (Å²) in [5, 5.41) is 0. The van der Waals surface area contributed by atoms with Crippen LogP contribution in [0.25, 0.3) is 0 Å². The summed E-state index contributed by atoms with van der Waals surface area (Å²) in [7, 11) is 0. The van der Waals surface area contributed by atoms with Crippen LogP contribution in [0.1, 0.15) is 26.7 Å². The molecule has 1 unspecified atom stereocenters. The molecular formula is C6H16N2. The van der Waals surface area contributed by atoms with E-state index in [4.69, 9.17) is 11.5 Å². The first kappa shape index (κ1) is 7.92. The Kier molecular flexibility index (Phi) is 3.83. The second-order valence-corrected chi connectivity index (χ2v) is 2.53. The summed E-state index contributed by atoms with van der Waals surface area (Å²) in [5.74, 6) is 0. The van der Waals surface area contributed by atoms with E-state index in [1.807, 2.05) is 13.8 Å². The highest BCUT2D eigenvalue weighted by Gasteiger charge is 1.96. The molecule has 0 aliphatic rings. The molecule has 0 radical (unpaired) electrons. The molecule has 2 heteroatoms. The van der Waals surface area contributed by atoms with Crippen molar-refractivity contribution in [1.82, 2.24) is 0 Å². The van der Waals surface area contributed by atoms with Gasteiger partial charge in [-0.3, -0.25) is 0 Å². The summed E-state index contributed by atoms with van der Waals surface area (Å²) in [5.41, 5.74) is 11.0. The lowest BCUT2D eigenvalue weighted by Gasteiger charge is -2.06.